The zero-order chi connectivity index (χ0) is 24.2. The van der Waals surface area contributed by atoms with Gasteiger partial charge in [-0.1, -0.05) is 75.4 Å². The highest BCUT2D eigenvalue weighted by molar-refractivity contribution is 7.92. The van der Waals surface area contributed by atoms with Gasteiger partial charge in [0.25, 0.3) is 5.91 Å². The number of hydrogen-bond acceptors (Lipinski definition) is 3. The Labute approximate surface area is 197 Å². The molecule has 0 saturated heterocycles. The number of hydrogen-bond donors (Lipinski definition) is 1. The largest absolute Gasteiger partial charge is 0.346 e. The predicted octanol–water partition coefficient (Wildman–Crippen LogP) is 5.44. The molecule has 174 valence electrons. The van der Waals surface area contributed by atoms with Gasteiger partial charge in [0.1, 0.15) is 0 Å². The Morgan fingerprint density at radius 1 is 0.909 bits per heavy atom. The van der Waals surface area contributed by atoms with Crippen LogP contribution in [0.15, 0.2) is 78.9 Å². The third kappa shape index (κ3) is 6.45. The molecule has 0 heterocycles. The summed E-state index contributed by atoms with van der Waals surface area (Å²) in [5.74, 6) is -0.169. The maximum Gasteiger partial charge on any atom is 0.251 e. The van der Waals surface area contributed by atoms with Crippen LogP contribution >= 0.6 is 0 Å². The van der Waals surface area contributed by atoms with Crippen molar-refractivity contribution in [3.63, 3.8) is 0 Å². The number of sulfonamides is 1. The van der Waals surface area contributed by atoms with Gasteiger partial charge in [-0.25, -0.2) is 8.42 Å². The van der Waals surface area contributed by atoms with Crippen molar-refractivity contribution in [2.24, 2.45) is 0 Å². The first-order chi connectivity index (χ1) is 15.4. The number of benzene rings is 3. The molecule has 1 unspecified atom stereocenters. The SMILES string of the molecule is CC(NC(=O)c1ccc(CN(c2ccccc2)S(C)(=O)=O)cc1)c1ccc(C(C)(C)C)cc1. The number of nitrogens with one attached hydrogen (secondary N) is 1. The maximum atomic E-state index is 12.8. The van der Waals surface area contributed by atoms with Crippen molar-refractivity contribution in [1.29, 1.82) is 0 Å². The van der Waals surface area contributed by atoms with E-state index < -0.39 is 10.0 Å². The highest BCUT2D eigenvalue weighted by Gasteiger charge is 2.19. The molecule has 0 bridgehead atoms. The van der Waals surface area contributed by atoms with Crippen molar-refractivity contribution in [3.8, 4) is 0 Å². The Hall–Kier alpha value is -3.12. The lowest BCUT2D eigenvalue weighted by Gasteiger charge is -2.22. The molecule has 0 spiro atoms. The summed E-state index contributed by atoms with van der Waals surface area (Å²) < 4.78 is 26.0. The summed E-state index contributed by atoms with van der Waals surface area (Å²) in [4.78, 5) is 12.8. The van der Waals surface area contributed by atoms with Crippen molar-refractivity contribution in [1.82, 2.24) is 5.32 Å². The number of amides is 1. The Kier molecular flexibility index (Phi) is 7.28. The number of anilines is 1. The molecule has 6 heteroatoms. The fourth-order valence-corrected chi connectivity index (χ4v) is 4.44. The molecule has 3 aromatic carbocycles. The van der Waals surface area contributed by atoms with Crippen LogP contribution < -0.4 is 9.62 Å². The third-order valence-corrected chi connectivity index (χ3v) is 6.75. The lowest BCUT2D eigenvalue weighted by atomic mass is 9.86. The lowest BCUT2D eigenvalue weighted by Crippen LogP contribution is -2.29. The second-order valence-corrected chi connectivity index (χ2v) is 11.3. The van der Waals surface area contributed by atoms with Gasteiger partial charge in [0.05, 0.1) is 24.5 Å². The molecule has 1 N–H and O–H groups in total. The minimum atomic E-state index is -3.45. The molecule has 5 nitrogen and oxygen atoms in total. The van der Waals surface area contributed by atoms with E-state index in [0.717, 1.165) is 11.1 Å². The molecular formula is C27H32N2O3S. The lowest BCUT2D eigenvalue weighted by molar-refractivity contribution is 0.0940. The number of para-hydroxylation sites is 1. The van der Waals surface area contributed by atoms with E-state index in [4.69, 9.17) is 0 Å². The van der Waals surface area contributed by atoms with Crippen LogP contribution in [-0.4, -0.2) is 20.6 Å². The number of rotatable bonds is 7. The molecule has 0 aliphatic carbocycles. The van der Waals surface area contributed by atoms with Gasteiger partial charge in [0.2, 0.25) is 10.0 Å². The fourth-order valence-electron chi connectivity index (χ4n) is 3.56. The van der Waals surface area contributed by atoms with Crippen LogP contribution in [0.2, 0.25) is 0 Å². The van der Waals surface area contributed by atoms with E-state index in [9.17, 15) is 13.2 Å². The van der Waals surface area contributed by atoms with E-state index in [2.05, 4.69) is 50.4 Å². The Morgan fingerprint density at radius 2 is 1.48 bits per heavy atom. The van der Waals surface area contributed by atoms with Gasteiger partial charge in [-0.05, 0) is 53.3 Å². The Morgan fingerprint density at radius 3 is 2.00 bits per heavy atom. The van der Waals surface area contributed by atoms with Gasteiger partial charge in [0.15, 0.2) is 0 Å². The summed E-state index contributed by atoms with van der Waals surface area (Å²) in [5.41, 5.74) is 4.31. The normalized spacial score (nSPS) is 12.8. The molecular weight excluding hydrogens is 432 g/mol. The zero-order valence-corrected chi connectivity index (χ0v) is 20.7. The molecule has 1 atom stereocenters. The molecule has 0 saturated carbocycles. The van der Waals surface area contributed by atoms with Crippen LogP contribution in [0.4, 0.5) is 5.69 Å². The summed E-state index contributed by atoms with van der Waals surface area (Å²) in [6.45, 7) is 8.67. The van der Waals surface area contributed by atoms with Crippen molar-refractivity contribution in [2.75, 3.05) is 10.6 Å². The summed E-state index contributed by atoms with van der Waals surface area (Å²) in [5, 5.41) is 3.04. The average Bonchev–Trinajstić information content (AvgIpc) is 2.77. The topological polar surface area (TPSA) is 66.5 Å². The molecule has 33 heavy (non-hydrogen) atoms. The van der Waals surface area contributed by atoms with E-state index in [-0.39, 0.29) is 23.9 Å². The minimum absolute atomic E-state index is 0.0833. The van der Waals surface area contributed by atoms with Crippen molar-refractivity contribution >= 4 is 21.6 Å². The fraction of sp³-hybridized carbons (Fsp3) is 0.296. The second kappa shape index (κ2) is 9.79. The third-order valence-electron chi connectivity index (χ3n) is 5.61. The summed E-state index contributed by atoms with van der Waals surface area (Å²) in [7, 11) is -3.45. The van der Waals surface area contributed by atoms with Gasteiger partial charge in [-0.3, -0.25) is 9.10 Å². The van der Waals surface area contributed by atoms with Crippen LogP contribution in [0.5, 0.6) is 0 Å². The predicted molar refractivity (Wildman–Crippen MR) is 135 cm³/mol. The molecule has 1 amide bonds. The van der Waals surface area contributed by atoms with Crippen LogP contribution in [-0.2, 0) is 22.0 Å². The van der Waals surface area contributed by atoms with Crippen molar-refractivity contribution in [3.05, 3.63) is 101 Å². The van der Waals surface area contributed by atoms with E-state index in [1.807, 2.05) is 13.0 Å². The monoisotopic (exact) mass is 464 g/mol. The van der Waals surface area contributed by atoms with E-state index >= 15 is 0 Å². The first kappa shape index (κ1) is 24.5. The first-order valence-corrected chi connectivity index (χ1v) is 12.8. The number of carbonyl (C=O) groups excluding carboxylic acids is 1. The molecule has 0 aliphatic heterocycles. The first-order valence-electron chi connectivity index (χ1n) is 11.0. The highest BCUT2D eigenvalue weighted by Crippen LogP contribution is 2.24. The molecule has 0 aliphatic rings. The van der Waals surface area contributed by atoms with Crippen LogP contribution in [0.1, 0.15) is 60.8 Å². The van der Waals surface area contributed by atoms with Crippen molar-refractivity contribution in [2.45, 2.75) is 45.7 Å². The minimum Gasteiger partial charge on any atom is -0.346 e. The average molecular weight is 465 g/mol. The van der Waals surface area contributed by atoms with E-state index in [0.29, 0.717) is 11.3 Å². The summed E-state index contributed by atoms with van der Waals surface area (Å²) in [6.07, 6.45) is 1.19. The molecule has 0 aromatic heterocycles. The Bertz CT molecular complexity index is 1180. The number of nitrogens with zero attached hydrogens (tertiary/aromatic N) is 1. The molecule has 3 rings (SSSR count). The van der Waals surface area contributed by atoms with Crippen molar-refractivity contribution < 1.29 is 13.2 Å². The van der Waals surface area contributed by atoms with Crippen LogP contribution in [0.25, 0.3) is 0 Å². The summed E-state index contributed by atoms with van der Waals surface area (Å²) in [6, 6.07) is 24.2. The summed E-state index contributed by atoms with van der Waals surface area (Å²) >= 11 is 0. The van der Waals surface area contributed by atoms with Gasteiger partial charge in [-0.15, -0.1) is 0 Å². The molecule has 0 radical (unpaired) electrons. The molecule has 0 fully saturated rings. The quantitative estimate of drug-likeness (QED) is 0.506. The standard InChI is InChI=1S/C27H32N2O3S/c1-20(22-15-17-24(18-16-22)27(2,3)4)28-26(30)23-13-11-21(12-14-23)19-29(33(5,31)32)25-9-7-6-8-10-25/h6-18,20H,19H2,1-5H3,(H,28,30). The second-order valence-electron chi connectivity index (χ2n) is 9.37. The maximum absolute atomic E-state index is 12.8. The van der Waals surface area contributed by atoms with E-state index in [1.54, 1.807) is 48.5 Å². The van der Waals surface area contributed by atoms with Crippen LogP contribution in [0, 0.1) is 0 Å². The highest BCUT2D eigenvalue weighted by atomic mass is 32.2. The smallest absolute Gasteiger partial charge is 0.251 e. The Balaban J connectivity index is 1.68. The van der Waals surface area contributed by atoms with Gasteiger partial charge < -0.3 is 5.32 Å². The van der Waals surface area contributed by atoms with Gasteiger partial charge >= 0.3 is 0 Å². The number of carbonyl (C=O) groups is 1. The zero-order valence-electron chi connectivity index (χ0n) is 19.9. The van der Waals surface area contributed by atoms with E-state index in [1.165, 1.54) is 16.1 Å². The molecule has 3 aromatic rings. The van der Waals surface area contributed by atoms with Crippen LogP contribution in [0.3, 0.4) is 0 Å². The van der Waals surface area contributed by atoms with Gasteiger partial charge in [0, 0.05) is 5.56 Å². The van der Waals surface area contributed by atoms with Gasteiger partial charge in [-0.2, -0.15) is 0 Å².